The van der Waals surface area contributed by atoms with Crippen LogP contribution in [0.15, 0.2) is 9.05 Å². The van der Waals surface area contributed by atoms with Gasteiger partial charge in [-0.3, -0.25) is 4.79 Å². The van der Waals surface area contributed by atoms with Crippen molar-refractivity contribution in [2.75, 3.05) is 13.1 Å². The van der Waals surface area contributed by atoms with Crippen molar-refractivity contribution in [1.82, 2.24) is 20.2 Å². The highest BCUT2D eigenvalue weighted by atomic mass is 16.5. The third-order valence-electron chi connectivity index (χ3n) is 4.27. The smallest absolute Gasteiger partial charge is 0.259 e. The van der Waals surface area contributed by atoms with E-state index in [-0.39, 0.29) is 17.7 Å². The molecule has 7 nitrogen and oxygen atoms in total. The monoisotopic (exact) mass is 318 g/mol. The summed E-state index contributed by atoms with van der Waals surface area (Å²) in [5.74, 6) is 2.21. The molecule has 3 rings (SSSR count). The van der Waals surface area contributed by atoms with Gasteiger partial charge >= 0.3 is 0 Å². The second kappa shape index (κ2) is 6.14. The number of amides is 1. The van der Waals surface area contributed by atoms with Gasteiger partial charge in [-0.25, -0.2) is 0 Å². The van der Waals surface area contributed by atoms with Crippen LogP contribution < -0.4 is 0 Å². The molecular formula is C16H22N4O3. The maximum atomic E-state index is 12.8. The average molecular weight is 318 g/mol. The molecule has 0 aromatic carbocycles. The van der Waals surface area contributed by atoms with E-state index >= 15 is 0 Å². The van der Waals surface area contributed by atoms with Crippen LogP contribution in [-0.2, 0) is 0 Å². The molecular weight excluding hydrogens is 296 g/mol. The number of nitrogens with zero attached hydrogens (tertiary/aromatic N) is 4. The van der Waals surface area contributed by atoms with E-state index in [0.717, 1.165) is 19.4 Å². The molecule has 0 bridgehead atoms. The first-order chi connectivity index (χ1) is 11.0. The highest BCUT2D eigenvalue weighted by Crippen LogP contribution is 2.28. The minimum Gasteiger partial charge on any atom is -0.361 e. The first-order valence-corrected chi connectivity index (χ1v) is 8.03. The van der Waals surface area contributed by atoms with E-state index in [2.05, 4.69) is 15.3 Å². The third kappa shape index (κ3) is 3.00. The summed E-state index contributed by atoms with van der Waals surface area (Å²) in [7, 11) is 0. The number of piperidine rings is 1. The molecule has 7 heteroatoms. The van der Waals surface area contributed by atoms with Gasteiger partial charge in [-0.2, -0.15) is 4.98 Å². The predicted octanol–water partition coefficient (Wildman–Crippen LogP) is 2.82. The van der Waals surface area contributed by atoms with Crippen LogP contribution in [0.4, 0.5) is 0 Å². The lowest BCUT2D eigenvalue weighted by Crippen LogP contribution is -2.39. The van der Waals surface area contributed by atoms with Gasteiger partial charge in [-0.15, -0.1) is 0 Å². The van der Waals surface area contributed by atoms with E-state index in [0.29, 0.717) is 35.3 Å². The van der Waals surface area contributed by atoms with Crippen molar-refractivity contribution in [3.63, 3.8) is 0 Å². The lowest BCUT2D eigenvalue weighted by molar-refractivity contribution is 0.0701. The van der Waals surface area contributed by atoms with Crippen LogP contribution >= 0.6 is 0 Å². The molecule has 1 aliphatic heterocycles. The normalized spacial score (nSPS) is 18.7. The summed E-state index contributed by atoms with van der Waals surface area (Å²) in [5.41, 5.74) is 1.21. The van der Waals surface area contributed by atoms with Crippen molar-refractivity contribution >= 4 is 5.91 Å². The molecule has 2 aromatic rings. The van der Waals surface area contributed by atoms with Gasteiger partial charge in [0.1, 0.15) is 11.3 Å². The van der Waals surface area contributed by atoms with E-state index in [9.17, 15) is 4.79 Å². The minimum atomic E-state index is -0.0291. The predicted molar refractivity (Wildman–Crippen MR) is 82.2 cm³/mol. The Labute approximate surface area is 135 Å². The molecule has 0 N–H and O–H groups in total. The molecule has 0 aliphatic carbocycles. The Balaban J connectivity index is 1.76. The van der Waals surface area contributed by atoms with Gasteiger partial charge in [-0.05, 0) is 26.7 Å². The maximum absolute atomic E-state index is 12.8. The maximum Gasteiger partial charge on any atom is 0.259 e. The van der Waals surface area contributed by atoms with Gasteiger partial charge in [-0.1, -0.05) is 24.2 Å². The van der Waals surface area contributed by atoms with Crippen molar-refractivity contribution in [3.8, 4) is 0 Å². The van der Waals surface area contributed by atoms with E-state index in [1.54, 1.807) is 13.8 Å². The van der Waals surface area contributed by atoms with Gasteiger partial charge in [0, 0.05) is 24.9 Å². The molecule has 0 radical (unpaired) electrons. The second-order valence-electron chi connectivity index (χ2n) is 6.44. The molecule has 2 aromatic heterocycles. The summed E-state index contributed by atoms with van der Waals surface area (Å²) in [4.78, 5) is 19.1. The van der Waals surface area contributed by atoms with Crippen molar-refractivity contribution in [3.05, 3.63) is 28.7 Å². The van der Waals surface area contributed by atoms with Crippen molar-refractivity contribution in [1.29, 1.82) is 0 Å². The molecule has 0 saturated carbocycles. The van der Waals surface area contributed by atoms with Crippen molar-refractivity contribution in [2.45, 2.75) is 52.4 Å². The molecule has 3 heterocycles. The largest absolute Gasteiger partial charge is 0.361 e. The lowest BCUT2D eigenvalue weighted by atomic mass is 9.96. The van der Waals surface area contributed by atoms with E-state index in [4.69, 9.17) is 9.05 Å². The molecule has 1 amide bonds. The highest BCUT2D eigenvalue weighted by Gasteiger charge is 2.31. The Morgan fingerprint density at radius 1 is 1.26 bits per heavy atom. The molecule has 0 spiro atoms. The molecule has 1 saturated heterocycles. The van der Waals surface area contributed by atoms with Crippen LogP contribution in [0, 0.1) is 13.8 Å². The Kier molecular flexibility index (Phi) is 4.19. The van der Waals surface area contributed by atoms with Crippen LogP contribution in [-0.4, -0.2) is 39.2 Å². The molecule has 124 valence electrons. The minimum absolute atomic E-state index is 0.0291. The van der Waals surface area contributed by atoms with Crippen LogP contribution in [0.3, 0.4) is 0 Å². The molecule has 1 aliphatic rings. The number of carbonyl (C=O) groups is 1. The second-order valence-corrected chi connectivity index (χ2v) is 6.44. The third-order valence-corrected chi connectivity index (χ3v) is 4.27. The first-order valence-electron chi connectivity index (χ1n) is 8.03. The van der Waals surface area contributed by atoms with Crippen LogP contribution in [0.1, 0.15) is 72.1 Å². The molecule has 1 fully saturated rings. The molecule has 23 heavy (non-hydrogen) atoms. The number of hydrogen-bond donors (Lipinski definition) is 0. The van der Waals surface area contributed by atoms with Gasteiger partial charge in [0.2, 0.25) is 5.89 Å². The van der Waals surface area contributed by atoms with Crippen LogP contribution in [0.2, 0.25) is 0 Å². The zero-order valence-electron chi connectivity index (χ0n) is 14.0. The number of rotatable bonds is 3. The zero-order valence-corrected chi connectivity index (χ0v) is 14.0. The Hall–Kier alpha value is -2.18. The fourth-order valence-electron chi connectivity index (χ4n) is 2.97. The van der Waals surface area contributed by atoms with Crippen LogP contribution in [0.5, 0.6) is 0 Å². The summed E-state index contributed by atoms with van der Waals surface area (Å²) < 4.78 is 10.4. The summed E-state index contributed by atoms with van der Waals surface area (Å²) in [6, 6.07) is 0. The fraction of sp³-hybridized carbons (Fsp3) is 0.625. The van der Waals surface area contributed by atoms with E-state index in [1.165, 1.54) is 0 Å². The number of likely N-dealkylation sites (tertiary alicyclic amines) is 1. The zero-order chi connectivity index (χ0) is 16.6. The summed E-state index contributed by atoms with van der Waals surface area (Å²) in [6.07, 6.45) is 1.88. The SMILES string of the molecule is Cc1noc(C)c1C(=O)N1CCCC(c2noc(C(C)C)n2)C1. The Morgan fingerprint density at radius 3 is 2.65 bits per heavy atom. The number of carbonyl (C=O) groups excluding carboxylic acids is 1. The Morgan fingerprint density at radius 2 is 2.04 bits per heavy atom. The van der Waals surface area contributed by atoms with E-state index < -0.39 is 0 Å². The van der Waals surface area contributed by atoms with Crippen LogP contribution in [0.25, 0.3) is 0 Å². The quantitative estimate of drug-likeness (QED) is 0.865. The van der Waals surface area contributed by atoms with Gasteiger partial charge in [0.05, 0.1) is 5.69 Å². The number of hydrogen-bond acceptors (Lipinski definition) is 6. The van der Waals surface area contributed by atoms with E-state index in [1.807, 2.05) is 18.7 Å². The fourth-order valence-corrected chi connectivity index (χ4v) is 2.97. The lowest BCUT2D eigenvalue weighted by Gasteiger charge is -2.31. The number of aryl methyl sites for hydroxylation is 2. The Bertz CT molecular complexity index is 684. The van der Waals surface area contributed by atoms with Crippen molar-refractivity contribution < 1.29 is 13.8 Å². The molecule has 1 unspecified atom stereocenters. The number of aromatic nitrogens is 3. The average Bonchev–Trinajstić information content (AvgIpc) is 3.14. The summed E-state index contributed by atoms with van der Waals surface area (Å²) >= 11 is 0. The van der Waals surface area contributed by atoms with Gasteiger partial charge in [0.25, 0.3) is 5.91 Å². The standard InChI is InChI=1S/C16H22N4O3/c1-9(2)15-17-14(19-23-15)12-6-5-7-20(8-12)16(21)13-10(3)18-22-11(13)4/h9,12H,5-8H2,1-4H3. The molecule has 1 atom stereocenters. The summed E-state index contributed by atoms with van der Waals surface area (Å²) in [6.45, 7) is 8.92. The van der Waals surface area contributed by atoms with Crippen molar-refractivity contribution in [2.24, 2.45) is 0 Å². The topological polar surface area (TPSA) is 85.3 Å². The van der Waals surface area contributed by atoms with Gasteiger partial charge in [0.15, 0.2) is 5.82 Å². The highest BCUT2D eigenvalue weighted by molar-refractivity contribution is 5.96. The first kappa shape index (κ1) is 15.7. The summed E-state index contributed by atoms with van der Waals surface area (Å²) in [5, 5.41) is 7.97. The van der Waals surface area contributed by atoms with Gasteiger partial charge < -0.3 is 13.9 Å².